The molecule has 0 saturated carbocycles. The first kappa shape index (κ1) is 16.3. The average molecular weight is 300 g/mol. The summed E-state index contributed by atoms with van der Waals surface area (Å²) < 4.78 is 9.85. The van der Waals surface area contributed by atoms with Crippen LogP contribution in [-0.4, -0.2) is 25.6 Å². The Kier molecular flexibility index (Phi) is 6.87. The van der Waals surface area contributed by atoms with Crippen LogP contribution < -0.4 is 10.1 Å². The van der Waals surface area contributed by atoms with Crippen molar-refractivity contribution < 1.29 is 19.1 Å². The molecule has 0 spiro atoms. The number of rotatable bonds is 7. The van der Waals surface area contributed by atoms with E-state index in [1.807, 2.05) is 6.92 Å². The summed E-state index contributed by atoms with van der Waals surface area (Å²) in [7, 11) is 1.51. The van der Waals surface area contributed by atoms with Gasteiger partial charge in [-0.3, -0.25) is 9.59 Å². The molecule has 0 unspecified atom stereocenters. The van der Waals surface area contributed by atoms with Crippen molar-refractivity contribution in [3.05, 3.63) is 23.2 Å². The van der Waals surface area contributed by atoms with Crippen molar-refractivity contribution in [1.29, 1.82) is 0 Å². The van der Waals surface area contributed by atoms with Crippen LogP contribution in [0.4, 0.5) is 5.69 Å². The zero-order chi connectivity index (χ0) is 15.0. The first-order valence-corrected chi connectivity index (χ1v) is 6.73. The monoisotopic (exact) mass is 299 g/mol. The molecule has 6 heteroatoms. The van der Waals surface area contributed by atoms with Crippen LogP contribution in [0.1, 0.15) is 26.2 Å². The third-order valence-electron chi connectivity index (χ3n) is 2.53. The molecule has 110 valence electrons. The zero-order valence-corrected chi connectivity index (χ0v) is 12.3. The van der Waals surface area contributed by atoms with Gasteiger partial charge in [-0.15, -0.1) is 0 Å². The van der Waals surface area contributed by atoms with Crippen LogP contribution >= 0.6 is 11.6 Å². The van der Waals surface area contributed by atoms with E-state index in [1.54, 1.807) is 18.2 Å². The Morgan fingerprint density at radius 2 is 2.10 bits per heavy atom. The largest absolute Gasteiger partial charge is 0.495 e. The van der Waals surface area contributed by atoms with Gasteiger partial charge in [0, 0.05) is 12.1 Å². The van der Waals surface area contributed by atoms with E-state index in [0.717, 1.165) is 12.8 Å². The van der Waals surface area contributed by atoms with Gasteiger partial charge in [-0.05, 0) is 24.6 Å². The summed E-state index contributed by atoms with van der Waals surface area (Å²) in [4.78, 5) is 22.9. The number of hydrogen-bond acceptors (Lipinski definition) is 4. The Labute approximate surface area is 123 Å². The summed E-state index contributed by atoms with van der Waals surface area (Å²) in [6.45, 7) is 1.68. The number of amides is 1. The van der Waals surface area contributed by atoms with Gasteiger partial charge >= 0.3 is 5.97 Å². The molecular weight excluding hydrogens is 282 g/mol. The number of hydrogen-bond donors (Lipinski definition) is 1. The van der Waals surface area contributed by atoms with Crippen LogP contribution in [0.2, 0.25) is 5.02 Å². The molecule has 0 bridgehead atoms. The molecule has 0 aromatic heterocycles. The summed E-state index contributed by atoms with van der Waals surface area (Å²) in [6.07, 6.45) is 2.00. The highest BCUT2D eigenvalue weighted by atomic mass is 35.5. The second kappa shape index (κ2) is 8.43. The highest BCUT2D eigenvalue weighted by Gasteiger charge is 2.08. The molecule has 1 aromatic carbocycles. The van der Waals surface area contributed by atoms with Crippen molar-refractivity contribution >= 4 is 29.2 Å². The number of nitrogens with one attached hydrogen (secondary N) is 1. The molecule has 5 nitrogen and oxygen atoms in total. The van der Waals surface area contributed by atoms with Gasteiger partial charge in [-0.1, -0.05) is 24.9 Å². The number of anilines is 1. The van der Waals surface area contributed by atoms with Gasteiger partial charge in [0.25, 0.3) is 5.91 Å². The van der Waals surface area contributed by atoms with Crippen LogP contribution in [0.5, 0.6) is 5.75 Å². The van der Waals surface area contributed by atoms with Crippen LogP contribution in [0.15, 0.2) is 18.2 Å². The number of halogens is 1. The lowest BCUT2D eigenvalue weighted by molar-refractivity contribution is -0.147. The van der Waals surface area contributed by atoms with E-state index in [0.29, 0.717) is 22.9 Å². The molecule has 1 amide bonds. The van der Waals surface area contributed by atoms with E-state index in [2.05, 4.69) is 5.32 Å². The number of ether oxygens (including phenoxy) is 2. The Hall–Kier alpha value is -1.75. The van der Waals surface area contributed by atoms with Crippen molar-refractivity contribution in [3.8, 4) is 5.75 Å². The lowest BCUT2D eigenvalue weighted by Crippen LogP contribution is -2.20. The molecule has 1 aromatic rings. The molecule has 0 aliphatic heterocycles. The van der Waals surface area contributed by atoms with Crippen molar-refractivity contribution in [2.75, 3.05) is 19.0 Å². The van der Waals surface area contributed by atoms with Gasteiger partial charge in [0.1, 0.15) is 5.75 Å². The highest BCUT2D eigenvalue weighted by molar-refractivity contribution is 6.32. The minimum Gasteiger partial charge on any atom is -0.495 e. The van der Waals surface area contributed by atoms with E-state index in [4.69, 9.17) is 21.1 Å². The fraction of sp³-hybridized carbons (Fsp3) is 0.429. The van der Waals surface area contributed by atoms with Gasteiger partial charge < -0.3 is 14.8 Å². The molecule has 0 aliphatic rings. The molecule has 0 saturated heterocycles. The van der Waals surface area contributed by atoms with E-state index in [1.165, 1.54) is 7.11 Å². The fourth-order valence-corrected chi connectivity index (χ4v) is 1.74. The zero-order valence-electron chi connectivity index (χ0n) is 11.6. The number of unbranched alkanes of at least 4 members (excludes halogenated alkanes) is 1. The van der Waals surface area contributed by atoms with E-state index in [9.17, 15) is 9.59 Å². The van der Waals surface area contributed by atoms with Gasteiger partial charge in [0.05, 0.1) is 12.1 Å². The number of carbonyl (C=O) groups is 2. The maximum Gasteiger partial charge on any atom is 0.306 e. The number of esters is 1. The summed E-state index contributed by atoms with van der Waals surface area (Å²) in [5, 5.41) is 2.98. The van der Waals surface area contributed by atoms with Gasteiger partial charge in [-0.2, -0.15) is 0 Å². The molecule has 20 heavy (non-hydrogen) atoms. The SMILES string of the molecule is CCCCC(=O)OCC(=O)Nc1ccc(OC)c(Cl)c1. The molecule has 1 rings (SSSR count). The lowest BCUT2D eigenvalue weighted by Gasteiger charge is -2.08. The van der Waals surface area contributed by atoms with Crippen molar-refractivity contribution in [2.24, 2.45) is 0 Å². The third kappa shape index (κ3) is 5.48. The quantitative estimate of drug-likeness (QED) is 0.786. The minimum absolute atomic E-state index is 0.299. The Morgan fingerprint density at radius 1 is 1.35 bits per heavy atom. The third-order valence-corrected chi connectivity index (χ3v) is 2.83. The predicted octanol–water partition coefficient (Wildman–Crippen LogP) is 3.02. The number of carbonyl (C=O) groups excluding carboxylic acids is 2. The smallest absolute Gasteiger partial charge is 0.306 e. The van der Waals surface area contributed by atoms with Crippen molar-refractivity contribution in [2.45, 2.75) is 26.2 Å². The predicted molar refractivity (Wildman–Crippen MR) is 77.1 cm³/mol. The van der Waals surface area contributed by atoms with Gasteiger partial charge in [-0.25, -0.2) is 0 Å². The summed E-state index contributed by atoms with van der Waals surface area (Å²) in [5.41, 5.74) is 0.519. The van der Waals surface area contributed by atoms with Crippen molar-refractivity contribution in [3.63, 3.8) is 0 Å². The van der Waals surface area contributed by atoms with E-state index >= 15 is 0 Å². The maximum absolute atomic E-state index is 11.6. The second-order valence-electron chi connectivity index (χ2n) is 4.16. The Morgan fingerprint density at radius 3 is 2.70 bits per heavy atom. The molecule has 0 aliphatic carbocycles. The Balaban J connectivity index is 2.42. The average Bonchev–Trinajstić information content (AvgIpc) is 2.43. The number of benzene rings is 1. The van der Waals surface area contributed by atoms with Crippen LogP contribution in [-0.2, 0) is 14.3 Å². The van der Waals surface area contributed by atoms with Crippen LogP contribution in [0.3, 0.4) is 0 Å². The second-order valence-corrected chi connectivity index (χ2v) is 4.57. The lowest BCUT2D eigenvalue weighted by atomic mass is 10.2. The summed E-state index contributed by atoms with van der Waals surface area (Å²) in [6, 6.07) is 4.86. The van der Waals surface area contributed by atoms with E-state index < -0.39 is 5.91 Å². The standard InChI is InChI=1S/C14H18ClNO4/c1-3-4-5-14(18)20-9-13(17)16-10-6-7-12(19-2)11(15)8-10/h6-8H,3-5,9H2,1-2H3,(H,16,17). The van der Waals surface area contributed by atoms with Crippen molar-refractivity contribution in [1.82, 2.24) is 0 Å². The molecule has 0 atom stereocenters. The molecule has 1 N–H and O–H groups in total. The Bertz CT molecular complexity index is 476. The summed E-state index contributed by atoms with van der Waals surface area (Å²) in [5.74, 6) is -0.249. The minimum atomic E-state index is -0.406. The highest BCUT2D eigenvalue weighted by Crippen LogP contribution is 2.27. The molecule has 0 fully saturated rings. The first-order chi connectivity index (χ1) is 9.56. The van der Waals surface area contributed by atoms with Crippen LogP contribution in [0.25, 0.3) is 0 Å². The van der Waals surface area contributed by atoms with E-state index in [-0.39, 0.29) is 12.6 Å². The first-order valence-electron chi connectivity index (χ1n) is 6.35. The normalized spacial score (nSPS) is 9.95. The maximum atomic E-state index is 11.6. The van der Waals surface area contributed by atoms with Crippen LogP contribution in [0, 0.1) is 0 Å². The fourth-order valence-electron chi connectivity index (χ4n) is 1.48. The van der Waals surface area contributed by atoms with Gasteiger partial charge in [0.15, 0.2) is 6.61 Å². The number of methoxy groups -OCH3 is 1. The molecule has 0 radical (unpaired) electrons. The molecule has 0 heterocycles. The molecular formula is C14H18ClNO4. The van der Waals surface area contributed by atoms with Gasteiger partial charge in [0.2, 0.25) is 0 Å². The summed E-state index contributed by atoms with van der Waals surface area (Å²) >= 11 is 5.94. The topological polar surface area (TPSA) is 64.6 Å².